The second kappa shape index (κ2) is 11.6. The van der Waals surface area contributed by atoms with Crippen LogP contribution in [-0.2, 0) is 20.9 Å². The number of benzene rings is 3. The summed E-state index contributed by atoms with van der Waals surface area (Å²) in [6, 6.07) is 16.0. The highest BCUT2D eigenvalue weighted by Gasteiger charge is 2.37. The molecule has 3 aromatic rings. The van der Waals surface area contributed by atoms with E-state index in [4.69, 9.17) is 9.47 Å². The monoisotopic (exact) mass is 528 g/mol. The van der Waals surface area contributed by atoms with Crippen LogP contribution in [0.15, 0.2) is 66.2 Å². The molecule has 1 aliphatic rings. The molecule has 3 aromatic carbocycles. The number of methoxy groups -OCH3 is 1. The first kappa shape index (κ1) is 27.1. The molecular weight excluding hydrogens is 500 g/mol. The van der Waals surface area contributed by atoms with Crippen molar-refractivity contribution >= 4 is 35.6 Å². The fourth-order valence-electron chi connectivity index (χ4n) is 3.98. The summed E-state index contributed by atoms with van der Waals surface area (Å²) >= 11 is 0. The Morgan fingerprint density at radius 3 is 2.31 bits per heavy atom. The van der Waals surface area contributed by atoms with E-state index in [0.717, 1.165) is 10.5 Å². The minimum absolute atomic E-state index is 0.189. The lowest BCUT2D eigenvalue weighted by molar-refractivity contribution is -0.122. The van der Waals surface area contributed by atoms with Crippen LogP contribution in [0.2, 0.25) is 0 Å². The molecule has 0 saturated carbocycles. The van der Waals surface area contributed by atoms with Gasteiger partial charge in [-0.1, -0.05) is 24.3 Å². The van der Waals surface area contributed by atoms with E-state index in [0.29, 0.717) is 30.3 Å². The van der Waals surface area contributed by atoms with Crippen molar-refractivity contribution < 1.29 is 33.4 Å². The molecule has 1 fully saturated rings. The summed E-state index contributed by atoms with van der Waals surface area (Å²) in [7, 11) is 1.25. The molecule has 1 heterocycles. The standard InChI is InChI=1S/C30H28N2O7/c1-5-38-26-16-20(8-13-25(26)39-17-21-7-6-18(2)19(3)14-21)15-24-27(33)31-30(36)32(28(24)34)23-11-9-22(10-12-23)29(35)37-4/h6-16H,5,17H2,1-4H3,(H,31,33,36)/b24-15+. The number of esters is 1. The highest BCUT2D eigenvalue weighted by molar-refractivity contribution is 6.39. The molecule has 0 spiro atoms. The molecular formula is C30H28N2O7. The number of carbonyl (C=O) groups excluding carboxylic acids is 4. The molecule has 0 aliphatic carbocycles. The first-order chi connectivity index (χ1) is 18.7. The van der Waals surface area contributed by atoms with E-state index in [1.54, 1.807) is 18.2 Å². The molecule has 0 atom stereocenters. The summed E-state index contributed by atoms with van der Waals surface area (Å²) in [5.41, 5.74) is 4.09. The van der Waals surface area contributed by atoms with Crippen LogP contribution in [0.1, 0.15) is 39.5 Å². The predicted octanol–water partition coefficient (Wildman–Crippen LogP) is 4.73. The van der Waals surface area contributed by atoms with Crippen molar-refractivity contribution in [2.45, 2.75) is 27.4 Å². The molecule has 1 saturated heterocycles. The Kier molecular flexibility index (Phi) is 8.10. The Labute approximate surface area is 226 Å². The third-order valence-corrected chi connectivity index (χ3v) is 6.19. The summed E-state index contributed by atoms with van der Waals surface area (Å²) in [6.45, 7) is 6.65. The molecule has 0 aromatic heterocycles. The number of nitrogens with zero attached hydrogens (tertiary/aromatic N) is 1. The number of carbonyl (C=O) groups is 4. The average molecular weight is 529 g/mol. The van der Waals surface area contributed by atoms with Crippen molar-refractivity contribution in [3.63, 3.8) is 0 Å². The van der Waals surface area contributed by atoms with Crippen molar-refractivity contribution in [2.75, 3.05) is 18.6 Å². The van der Waals surface area contributed by atoms with Gasteiger partial charge in [0.2, 0.25) is 0 Å². The van der Waals surface area contributed by atoms with Crippen LogP contribution in [0, 0.1) is 13.8 Å². The van der Waals surface area contributed by atoms with Gasteiger partial charge in [-0.3, -0.25) is 14.9 Å². The Hall–Kier alpha value is -4.92. The molecule has 0 bridgehead atoms. The average Bonchev–Trinajstić information content (AvgIpc) is 2.92. The number of urea groups is 1. The zero-order valence-corrected chi connectivity index (χ0v) is 22.1. The van der Waals surface area contributed by atoms with Crippen molar-refractivity contribution in [2.24, 2.45) is 0 Å². The lowest BCUT2D eigenvalue weighted by Gasteiger charge is -2.26. The first-order valence-corrected chi connectivity index (χ1v) is 12.3. The van der Waals surface area contributed by atoms with E-state index in [1.807, 2.05) is 32.9 Å². The molecule has 1 aliphatic heterocycles. The zero-order chi connectivity index (χ0) is 28.1. The molecule has 4 amide bonds. The topological polar surface area (TPSA) is 111 Å². The number of amides is 4. The van der Waals surface area contributed by atoms with Crippen LogP contribution in [0.5, 0.6) is 11.5 Å². The van der Waals surface area contributed by atoms with Gasteiger partial charge in [-0.2, -0.15) is 0 Å². The van der Waals surface area contributed by atoms with Crippen molar-refractivity contribution in [3.05, 3.63) is 94.1 Å². The van der Waals surface area contributed by atoms with Gasteiger partial charge in [0.05, 0.1) is 25.0 Å². The zero-order valence-electron chi connectivity index (χ0n) is 22.1. The number of rotatable bonds is 8. The van der Waals surface area contributed by atoms with Crippen LogP contribution < -0.4 is 19.7 Å². The molecule has 9 heteroatoms. The summed E-state index contributed by atoms with van der Waals surface area (Å²) in [4.78, 5) is 50.9. The van der Waals surface area contributed by atoms with Crippen LogP contribution in [0.25, 0.3) is 6.08 Å². The minimum atomic E-state index is -0.891. The summed E-state index contributed by atoms with van der Waals surface area (Å²) in [6.07, 6.45) is 1.38. The second-order valence-corrected chi connectivity index (χ2v) is 8.84. The number of anilines is 1. The maximum absolute atomic E-state index is 13.2. The molecule has 39 heavy (non-hydrogen) atoms. The third-order valence-electron chi connectivity index (χ3n) is 6.19. The fourth-order valence-corrected chi connectivity index (χ4v) is 3.98. The predicted molar refractivity (Wildman–Crippen MR) is 145 cm³/mol. The highest BCUT2D eigenvalue weighted by Crippen LogP contribution is 2.31. The first-order valence-electron chi connectivity index (χ1n) is 12.3. The molecule has 0 radical (unpaired) electrons. The van der Waals surface area contributed by atoms with Gasteiger partial charge in [0.25, 0.3) is 11.8 Å². The maximum Gasteiger partial charge on any atom is 0.337 e. The largest absolute Gasteiger partial charge is 0.490 e. The van der Waals surface area contributed by atoms with Gasteiger partial charge < -0.3 is 14.2 Å². The molecule has 9 nitrogen and oxygen atoms in total. The van der Waals surface area contributed by atoms with Crippen LogP contribution in [0.3, 0.4) is 0 Å². The number of ether oxygens (including phenoxy) is 3. The van der Waals surface area contributed by atoms with Gasteiger partial charge in [-0.05, 0) is 85.5 Å². The van der Waals surface area contributed by atoms with E-state index in [9.17, 15) is 19.2 Å². The smallest absolute Gasteiger partial charge is 0.337 e. The van der Waals surface area contributed by atoms with Crippen LogP contribution >= 0.6 is 0 Å². The van der Waals surface area contributed by atoms with Gasteiger partial charge in [0, 0.05) is 0 Å². The van der Waals surface area contributed by atoms with E-state index < -0.39 is 23.8 Å². The normalized spacial score (nSPS) is 14.3. The quantitative estimate of drug-likeness (QED) is 0.256. The second-order valence-electron chi connectivity index (χ2n) is 8.84. The molecule has 1 N–H and O–H groups in total. The number of barbiturate groups is 1. The Morgan fingerprint density at radius 2 is 1.64 bits per heavy atom. The molecule has 0 unspecified atom stereocenters. The van der Waals surface area contributed by atoms with Gasteiger partial charge in [0.15, 0.2) is 11.5 Å². The lowest BCUT2D eigenvalue weighted by atomic mass is 10.1. The Morgan fingerprint density at radius 1 is 0.897 bits per heavy atom. The number of nitrogens with one attached hydrogen (secondary N) is 1. The highest BCUT2D eigenvalue weighted by atomic mass is 16.5. The maximum atomic E-state index is 13.2. The van der Waals surface area contributed by atoms with E-state index >= 15 is 0 Å². The number of imide groups is 2. The van der Waals surface area contributed by atoms with E-state index in [2.05, 4.69) is 16.1 Å². The van der Waals surface area contributed by atoms with Crippen LogP contribution in [-0.4, -0.2) is 37.5 Å². The summed E-state index contributed by atoms with van der Waals surface area (Å²) in [5, 5.41) is 2.19. The SMILES string of the molecule is CCOc1cc(/C=C2\C(=O)NC(=O)N(c3ccc(C(=O)OC)cc3)C2=O)ccc1OCc1ccc(C)c(C)c1. The van der Waals surface area contributed by atoms with Crippen molar-refractivity contribution in [3.8, 4) is 11.5 Å². The summed E-state index contributed by atoms with van der Waals surface area (Å²) < 4.78 is 16.4. The van der Waals surface area contributed by atoms with Crippen molar-refractivity contribution in [1.29, 1.82) is 0 Å². The Balaban J connectivity index is 1.59. The number of hydrogen-bond donors (Lipinski definition) is 1. The third kappa shape index (κ3) is 5.98. The summed E-state index contributed by atoms with van der Waals surface area (Å²) in [5.74, 6) is -1.22. The van der Waals surface area contributed by atoms with Gasteiger partial charge in [-0.15, -0.1) is 0 Å². The van der Waals surface area contributed by atoms with Crippen molar-refractivity contribution in [1.82, 2.24) is 5.32 Å². The van der Waals surface area contributed by atoms with Gasteiger partial charge in [-0.25, -0.2) is 14.5 Å². The van der Waals surface area contributed by atoms with Crippen LogP contribution in [0.4, 0.5) is 10.5 Å². The van der Waals surface area contributed by atoms with Gasteiger partial charge >= 0.3 is 12.0 Å². The van der Waals surface area contributed by atoms with Gasteiger partial charge in [0.1, 0.15) is 12.2 Å². The lowest BCUT2D eigenvalue weighted by Crippen LogP contribution is -2.54. The van der Waals surface area contributed by atoms with E-state index in [-0.39, 0.29) is 16.8 Å². The molecule has 200 valence electrons. The fraction of sp³-hybridized carbons (Fsp3) is 0.200. The number of aryl methyl sites for hydroxylation is 2. The van der Waals surface area contributed by atoms with E-state index in [1.165, 1.54) is 48.6 Å². The Bertz CT molecular complexity index is 1480. The number of hydrogen-bond acceptors (Lipinski definition) is 7. The molecule has 4 rings (SSSR count). The minimum Gasteiger partial charge on any atom is -0.490 e.